The van der Waals surface area contributed by atoms with Crippen LogP contribution in [0.15, 0.2) is 16.6 Å². The van der Waals surface area contributed by atoms with Crippen molar-refractivity contribution < 1.29 is 19.7 Å². The lowest BCUT2D eigenvalue weighted by molar-refractivity contribution is -0.141. The number of halogens is 1. The van der Waals surface area contributed by atoms with E-state index in [0.717, 1.165) is 10.0 Å². The number of hydrogen-bond donors (Lipinski definition) is 3. The number of hydrogen-bond acceptors (Lipinski definition) is 4. The SMILES string of the molecule is COc1cc(Br)c(C2CC(C(=O)O)CN2)cc1O. The molecule has 2 rings (SSSR count). The van der Waals surface area contributed by atoms with Crippen LogP contribution in [0.3, 0.4) is 0 Å². The van der Waals surface area contributed by atoms with Crippen LogP contribution >= 0.6 is 15.9 Å². The van der Waals surface area contributed by atoms with Crippen LogP contribution in [0.4, 0.5) is 0 Å². The summed E-state index contributed by atoms with van der Waals surface area (Å²) in [5.74, 6) is -0.736. The highest BCUT2D eigenvalue weighted by atomic mass is 79.9. The lowest BCUT2D eigenvalue weighted by Crippen LogP contribution is -2.17. The van der Waals surface area contributed by atoms with Crippen molar-refractivity contribution in [1.29, 1.82) is 0 Å². The molecule has 18 heavy (non-hydrogen) atoms. The molecule has 1 aromatic rings. The van der Waals surface area contributed by atoms with Gasteiger partial charge in [-0.1, -0.05) is 15.9 Å². The Balaban J connectivity index is 2.25. The lowest BCUT2D eigenvalue weighted by atomic mass is 10.00. The third-order valence-electron chi connectivity index (χ3n) is 3.15. The highest BCUT2D eigenvalue weighted by Crippen LogP contribution is 2.38. The Hall–Kier alpha value is -1.27. The van der Waals surface area contributed by atoms with Crippen molar-refractivity contribution in [2.75, 3.05) is 13.7 Å². The molecule has 0 saturated carbocycles. The molecule has 5 nitrogen and oxygen atoms in total. The van der Waals surface area contributed by atoms with Crippen LogP contribution in [-0.2, 0) is 4.79 Å². The van der Waals surface area contributed by atoms with Crippen LogP contribution in [0, 0.1) is 5.92 Å². The normalized spacial score (nSPS) is 23.0. The second kappa shape index (κ2) is 5.16. The molecule has 1 aliphatic heterocycles. The topological polar surface area (TPSA) is 78.8 Å². The maximum absolute atomic E-state index is 10.9. The fourth-order valence-corrected chi connectivity index (χ4v) is 2.75. The second-order valence-corrected chi connectivity index (χ2v) is 5.13. The summed E-state index contributed by atoms with van der Waals surface area (Å²) in [7, 11) is 1.48. The zero-order valence-corrected chi connectivity index (χ0v) is 11.4. The van der Waals surface area contributed by atoms with Gasteiger partial charge in [-0.15, -0.1) is 0 Å². The molecule has 1 fully saturated rings. The first-order chi connectivity index (χ1) is 8.52. The zero-order valence-electron chi connectivity index (χ0n) is 9.81. The van der Waals surface area contributed by atoms with Gasteiger partial charge < -0.3 is 20.3 Å². The number of aliphatic carboxylic acids is 1. The van der Waals surface area contributed by atoms with E-state index in [1.165, 1.54) is 7.11 Å². The summed E-state index contributed by atoms with van der Waals surface area (Å²) < 4.78 is 5.80. The van der Waals surface area contributed by atoms with Gasteiger partial charge in [-0.05, 0) is 24.1 Å². The molecule has 3 N–H and O–H groups in total. The van der Waals surface area contributed by atoms with Crippen LogP contribution in [0.5, 0.6) is 11.5 Å². The van der Waals surface area contributed by atoms with Crippen LogP contribution in [0.2, 0.25) is 0 Å². The quantitative estimate of drug-likeness (QED) is 0.794. The molecule has 1 aromatic carbocycles. The predicted octanol–water partition coefficient (Wildman–Crippen LogP) is 1.90. The van der Waals surface area contributed by atoms with Crippen LogP contribution in [0.25, 0.3) is 0 Å². The number of nitrogens with one attached hydrogen (secondary N) is 1. The summed E-state index contributed by atoms with van der Waals surface area (Å²) in [6.07, 6.45) is 0.514. The Morgan fingerprint density at radius 3 is 2.83 bits per heavy atom. The molecule has 1 heterocycles. The molecule has 0 amide bonds. The number of benzene rings is 1. The first-order valence-corrected chi connectivity index (χ1v) is 6.34. The Morgan fingerprint density at radius 2 is 2.28 bits per heavy atom. The van der Waals surface area contributed by atoms with E-state index < -0.39 is 5.97 Å². The maximum atomic E-state index is 10.9. The van der Waals surface area contributed by atoms with Gasteiger partial charge in [0.2, 0.25) is 0 Å². The zero-order chi connectivity index (χ0) is 13.3. The lowest BCUT2D eigenvalue weighted by Gasteiger charge is -2.15. The predicted molar refractivity (Wildman–Crippen MR) is 68.8 cm³/mol. The summed E-state index contributed by atoms with van der Waals surface area (Å²) >= 11 is 3.41. The number of phenols is 1. The van der Waals surface area contributed by atoms with E-state index in [4.69, 9.17) is 9.84 Å². The average molecular weight is 316 g/mol. The highest BCUT2D eigenvalue weighted by Gasteiger charge is 2.31. The molecule has 0 spiro atoms. The van der Waals surface area contributed by atoms with Crippen molar-refractivity contribution in [1.82, 2.24) is 5.32 Å². The summed E-state index contributed by atoms with van der Waals surface area (Å²) in [6.45, 7) is 0.444. The monoisotopic (exact) mass is 315 g/mol. The number of methoxy groups -OCH3 is 1. The van der Waals surface area contributed by atoms with Crippen molar-refractivity contribution in [2.45, 2.75) is 12.5 Å². The van der Waals surface area contributed by atoms with Gasteiger partial charge in [0, 0.05) is 17.1 Å². The van der Waals surface area contributed by atoms with E-state index >= 15 is 0 Å². The van der Waals surface area contributed by atoms with Crippen molar-refractivity contribution in [2.24, 2.45) is 5.92 Å². The number of carboxylic acid groups (broad SMARTS) is 1. The van der Waals surface area contributed by atoms with E-state index in [0.29, 0.717) is 18.7 Å². The second-order valence-electron chi connectivity index (χ2n) is 4.28. The van der Waals surface area contributed by atoms with Gasteiger partial charge in [0.1, 0.15) is 0 Å². The molecular formula is C12H14BrNO4. The molecule has 0 aromatic heterocycles. The first-order valence-electron chi connectivity index (χ1n) is 5.55. The van der Waals surface area contributed by atoms with Gasteiger partial charge in [-0.2, -0.15) is 0 Å². The molecule has 6 heteroatoms. The molecular weight excluding hydrogens is 302 g/mol. The van der Waals surface area contributed by atoms with Crippen LogP contribution in [0.1, 0.15) is 18.0 Å². The first kappa shape index (κ1) is 13.2. The Labute approximate surface area is 113 Å². The molecule has 2 unspecified atom stereocenters. The Kier molecular flexibility index (Phi) is 3.77. The van der Waals surface area contributed by atoms with Crippen molar-refractivity contribution >= 4 is 21.9 Å². The van der Waals surface area contributed by atoms with Crippen molar-refractivity contribution in [3.63, 3.8) is 0 Å². The molecule has 0 radical (unpaired) electrons. The molecule has 1 saturated heterocycles. The largest absolute Gasteiger partial charge is 0.504 e. The number of rotatable bonds is 3. The van der Waals surface area contributed by atoms with E-state index in [-0.39, 0.29) is 17.7 Å². The Morgan fingerprint density at radius 1 is 1.56 bits per heavy atom. The molecule has 1 aliphatic rings. The third kappa shape index (κ3) is 2.44. The van der Waals surface area contributed by atoms with Crippen LogP contribution < -0.4 is 10.1 Å². The smallest absolute Gasteiger partial charge is 0.307 e. The minimum absolute atomic E-state index is 0.0521. The number of aromatic hydroxyl groups is 1. The van der Waals surface area contributed by atoms with Gasteiger partial charge in [-0.25, -0.2) is 0 Å². The summed E-state index contributed by atoms with van der Waals surface area (Å²) in [5, 5.41) is 21.9. The molecule has 0 bridgehead atoms. The van der Waals surface area contributed by atoms with E-state index in [9.17, 15) is 9.90 Å². The number of phenolic OH excluding ortho intramolecular Hbond substituents is 1. The Bertz CT molecular complexity index is 477. The summed E-state index contributed by atoms with van der Waals surface area (Å²) in [5.41, 5.74) is 0.844. The highest BCUT2D eigenvalue weighted by molar-refractivity contribution is 9.10. The summed E-state index contributed by atoms with van der Waals surface area (Å²) in [4.78, 5) is 10.9. The average Bonchev–Trinajstić information content (AvgIpc) is 2.81. The van der Waals surface area contributed by atoms with Gasteiger partial charge in [0.05, 0.1) is 13.0 Å². The summed E-state index contributed by atoms with van der Waals surface area (Å²) in [6, 6.07) is 3.21. The van der Waals surface area contributed by atoms with Crippen molar-refractivity contribution in [3.05, 3.63) is 22.2 Å². The third-order valence-corrected chi connectivity index (χ3v) is 3.84. The molecule has 98 valence electrons. The molecule has 0 aliphatic carbocycles. The van der Waals surface area contributed by atoms with Crippen LogP contribution in [-0.4, -0.2) is 29.8 Å². The fourth-order valence-electron chi connectivity index (χ4n) is 2.15. The number of carbonyl (C=O) groups is 1. The van der Waals surface area contributed by atoms with Gasteiger partial charge in [0.25, 0.3) is 0 Å². The van der Waals surface area contributed by atoms with E-state index in [2.05, 4.69) is 21.2 Å². The van der Waals surface area contributed by atoms with Gasteiger partial charge >= 0.3 is 5.97 Å². The van der Waals surface area contributed by atoms with E-state index in [1.807, 2.05) is 0 Å². The van der Waals surface area contributed by atoms with Gasteiger partial charge in [-0.3, -0.25) is 4.79 Å². The number of ether oxygens (including phenoxy) is 1. The standard InChI is InChI=1S/C12H14BrNO4/c1-18-11-4-8(13)7(3-10(11)15)9-2-6(5-14-9)12(16)17/h3-4,6,9,14-15H,2,5H2,1H3,(H,16,17). The number of carboxylic acids is 1. The maximum Gasteiger partial charge on any atom is 0.307 e. The fraction of sp³-hybridized carbons (Fsp3) is 0.417. The van der Waals surface area contributed by atoms with Crippen molar-refractivity contribution in [3.8, 4) is 11.5 Å². The minimum atomic E-state index is -0.793. The van der Waals surface area contributed by atoms with Gasteiger partial charge in [0.15, 0.2) is 11.5 Å². The minimum Gasteiger partial charge on any atom is -0.504 e. The van der Waals surface area contributed by atoms with E-state index in [1.54, 1.807) is 12.1 Å². The molecule has 2 atom stereocenters.